The molecule has 2 amide bonds. The summed E-state index contributed by atoms with van der Waals surface area (Å²) >= 11 is 0. The first-order chi connectivity index (χ1) is 17.7. The van der Waals surface area contributed by atoms with Crippen LogP contribution in [0.3, 0.4) is 0 Å². The molecule has 9 heteroatoms. The minimum absolute atomic E-state index is 0.0158. The summed E-state index contributed by atoms with van der Waals surface area (Å²) in [6, 6.07) is 19.6. The van der Waals surface area contributed by atoms with E-state index in [1.807, 2.05) is 6.92 Å². The summed E-state index contributed by atoms with van der Waals surface area (Å²) in [7, 11) is -4.11. The molecule has 1 unspecified atom stereocenters. The van der Waals surface area contributed by atoms with E-state index >= 15 is 0 Å². The standard InChI is InChI=1S/C28H32FN3O4S/c1-4-26(28(34)30-5-2)31(19-22-13-15-23(29)16-14-22)27(33)20-32(24-9-7-6-8-10-24)37(35,36)25-17-11-21(3)12-18-25/h6-18,26H,4-5,19-20H2,1-3H3,(H,30,34). The zero-order valence-electron chi connectivity index (χ0n) is 21.2. The number of rotatable bonds is 11. The fraction of sp³-hybridized carbons (Fsp3) is 0.286. The summed E-state index contributed by atoms with van der Waals surface area (Å²) in [5.41, 5.74) is 1.84. The van der Waals surface area contributed by atoms with Gasteiger partial charge in [0.1, 0.15) is 18.4 Å². The Morgan fingerprint density at radius 3 is 2.11 bits per heavy atom. The van der Waals surface area contributed by atoms with Crippen LogP contribution in [0.2, 0.25) is 0 Å². The van der Waals surface area contributed by atoms with Gasteiger partial charge in [-0.1, -0.05) is 55.0 Å². The van der Waals surface area contributed by atoms with Gasteiger partial charge in [-0.25, -0.2) is 12.8 Å². The third-order valence-corrected chi connectivity index (χ3v) is 7.72. The molecule has 3 aromatic carbocycles. The molecule has 0 spiro atoms. The van der Waals surface area contributed by atoms with E-state index in [2.05, 4.69) is 5.32 Å². The fourth-order valence-electron chi connectivity index (χ4n) is 3.96. The van der Waals surface area contributed by atoms with Crippen LogP contribution in [0.25, 0.3) is 0 Å². The van der Waals surface area contributed by atoms with E-state index in [9.17, 15) is 22.4 Å². The van der Waals surface area contributed by atoms with E-state index in [0.29, 0.717) is 24.2 Å². The first-order valence-corrected chi connectivity index (χ1v) is 13.6. The molecule has 1 atom stereocenters. The Bertz CT molecular complexity index is 1300. The minimum atomic E-state index is -4.11. The van der Waals surface area contributed by atoms with Gasteiger partial charge in [0.05, 0.1) is 10.6 Å². The van der Waals surface area contributed by atoms with Crippen LogP contribution < -0.4 is 9.62 Å². The van der Waals surface area contributed by atoms with Crippen molar-refractivity contribution in [3.05, 3.63) is 95.8 Å². The van der Waals surface area contributed by atoms with Crippen molar-refractivity contribution in [2.45, 2.75) is 44.7 Å². The van der Waals surface area contributed by atoms with Gasteiger partial charge in [-0.05, 0) is 62.2 Å². The molecule has 0 heterocycles. The Morgan fingerprint density at radius 2 is 1.54 bits per heavy atom. The highest BCUT2D eigenvalue weighted by atomic mass is 32.2. The van der Waals surface area contributed by atoms with Gasteiger partial charge in [0.25, 0.3) is 10.0 Å². The molecule has 0 aliphatic rings. The lowest BCUT2D eigenvalue weighted by atomic mass is 10.1. The van der Waals surface area contributed by atoms with Crippen molar-refractivity contribution in [1.29, 1.82) is 0 Å². The van der Waals surface area contributed by atoms with Gasteiger partial charge in [0.15, 0.2) is 0 Å². The molecule has 0 bridgehead atoms. The number of nitrogens with zero attached hydrogens (tertiary/aromatic N) is 2. The van der Waals surface area contributed by atoms with Crippen LogP contribution in [-0.4, -0.2) is 44.3 Å². The van der Waals surface area contributed by atoms with Crippen molar-refractivity contribution in [1.82, 2.24) is 10.2 Å². The molecule has 0 aromatic heterocycles. The smallest absolute Gasteiger partial charge is 0.264 e. The van der Waals surface area contributed by atoms with Crippen LogP contribution in [-0.2, 0) is 26.2 Å². The van der Waals surface area contributed by atoms with Crippen LogP contribution in [0.15, 0.2) is 83.8 Å². The van der Waals surface area contributed by atoms with Gasteiger partial charge >= 0.3 is 0 Å². The molecule has 0 fully saturated rings. The molecule has 3 rings (SSSR count). The van der Waals surface area contributed by atoms with Crippen LogP contribution in [0.1, 0.15) is 31.4 Å². The molecule has 7 nitrogen and oxygen atoms in total. The predicted octanol–water partition coefficient (Wildman–Crippen LogP) is 4.27. The number of nitrogens with one attached hydrogen (secondary N) is 1. The number of carbonyl (C=O) groups is 2. The first-order valence-electron chi connectivity index (χ1n) is 12.1. The maximum absolute atomic E-state index is 13.8. The van der Waals surface area contributed by atoms with Crippen molar-refractivity contribution in [3.63, 3.8) is 0 Å². The highest BCUT2D eigenvalue weighted by molar-refractivity contribution is 7.92. The fourth-order valence-corrected chi connectivity index (χ4v) is 5.37. The number of likely N-dealkylation sites (N-methyl/N-ethyl adjacent to an activating group) is 1. The van der Waals surface area contributed by atoms with Crippen LogP contribution in [0.5, 0.6) is 0 Å². The Labute approximate surface area is 218 Å². The normalized spacial score (nSPS) is 12.0. The number of sulfonamides is 1. The highest BCUT2D eigenvalue weighted by Crippen LogP contribution is 2.25. The van der Waals surface area contributed by atoms with Crippen molar-refractivity contribution in [3.8, 4) is 0 Å². The summed E-state index contributed by atoms with van der Waals surface area (Å²) in [6.45, 7) is 5.30. The van der Waals surface area contributed by atoms with Gasteiger partial charge in [-0.2, -0.15) is 0 Å². The molecule has 196 valence electrons. The Kier molecular flexibility index (Phi) is 9.41. The molecule has 0 saturated heterocycles. The highest BCUT2D eigenvalue weighted by Gasteiger charge is 2.33. The van der Waals surface area contributed by atoms with Crippen LogP contribution in [0.4, 0.5) is 10.1 Å². The van der Waals surface area contributed by atoms with Gasteiger partial charge in [0.2, 0.25) is 11.8 Å². The molecular formula is C28H32FN3O4S. The number of carbonyl (C=O) groups excluding carboxylic acids is 2. The minimum Gasteiger partial charge on any atom is -0.355 e. The number of hydrogen-bond acceptors (Lipinski definition) is 4. The van der Waals surface area contributed by atoms with Crippen molar-refractivity contribution >= 4 is 27.5 Å². The molecule has 1 N–H and O–H groups in total. The maximum atomic E-state index is 13.8. The molecule has 37 heavy (non-hydrogen) atoms. The van der Waals surface area contributed by atoms with E-state index in [0.717, 1.165) is 9.87 Å². The van der Waals surface area contributed by atoms with Gasteiger partial charge in [0, 0.05) is 13.1 Å². The lowest BCUT2D eigenvalue weighted by Gasteiger charge is -2.33. The predicted molar refractivity (Wildman–Crippen MR) is 142 cm³/mol. The number of para-hydroxylation sites is 1. The average molecular weight is 526 g/mol. The van der Waals surface area contributed by atoms with E-state index in [1.54, 1.807) is 56.3 Å². The second-order valence-corrected chi connectivity index (χ2v) is 10.5. The molecule has 0 saturated carbocycles. The number of benzene rings is 3. The number of aryl methyl sites for hydroxylation is 1. The average Bonchev–Trinajstić information content (AvgIpc) is 2.89. The maximum Gasteiger partial charge on any atom is 0.264 e. The SMILES string of the molecule is CCNC(=O)C(CC)N(Cc1ccc(F)cc1)C(=O)CN(c1ccccc1)S(=O)(=O)c1ccc(C)cc1. The van der Waals surface area contributed by atoms with Gasteiger partial charge < -0.3 is 10.2 Å². The van der Waals surface area contributed by atoms with E-state index in [-0.39, 0.29) is 17.3 Å². The molecule has 0 aliphatic carbocycles. The van der Waals surface area contributed by atoms with Crippen LogP contribution >= 0.6 is 0 Å². The number of anilines is 1. The lowest BCUT2D eigenvalue weighted by Crippen LogP contribution is -2.52. The lowest BCUT2D eigenvalue weighted by molar-refractivity contribution is -0.140. The van der Waals surface area contributed by atoms with Crippen molar-refractivity contribution in [2.75, 3.05) is 17.4 Å². The van der Waals surface area contributed by atoms with Crippen molar-refractivity contribution in [2.24, 2.45) is 0 Å². The molecule has 0 radical (unpaired) electrons. The topological polar surface area (TPSA) is 86.8 Å². The zero-order chi connectivity index (χ0) is 27.0. The summed E-state index contributed by atoms with van der Waals surface area (Å²) < 4.78 is 42.0. The largest absolute Gasteiger partial charge is 0.355 e. The first kappa shape index (κ1) is 27.9. The summed E-state index contributed by atoms with van der Waals surface area (Å²) in [5.74, 6) is -1.31. The number of amides is 2. The summed E-state index contributed by atoms with van der Waals surface area (Å²) in [6.07, 6.45) is 0.314. The summed E-state index contributed by atoms with van der Waals surface area (Å²) in [5, 5.41) is 2.75. The number of halogens is 1. The Balaban J connectivity index is 2.02. The zero-order valence-corrected chi connectivity index (χ0v) is 22.0. The second kappa shape index (κ2) is 12.5. The van der Waals surface area contributed by atoms with Gasteiger partial charge in [-0.15, -0.1) is 0 Å². The van der Waals surface area contributed by atoms with E-state index in [1.165, 1.54) is 41.3 Å². The monoisotopic (exact) mass is 525 g/mol. The third-order valence-electron chi connectivity index (χ3n) is 5.94. The second-order valence-electron chi connectivity index (χ2n) is 8.63. The van der Waals surface area contributed by atoms with Crippen molar-refractivity contribution < 1.29 is 22.4 Å². The number of hydrogen-bond donors (Lipinski definition) is 1. The van der Waals surface area contributed by atoms with E-state index in [4.69, 9.17) is 0 Å². The van der Waals surface area contributed by atoms with E-state index < -0.39 is 34.3 Å². The Morgan fingerprint density at radius 1 is 0.919 bits per heavy atom. The Hall–Kier alpha value is -3.72. The summed E-state index contributed by atoms with van der Waals surface area (Å²) in [4.78, 5) is 28.1. The van der Waals surface area contributed by atoms with Gasteiger partial charge in [-0.3, -0.25) is 13.9 Å². The quantitative estimate of drug-likeness (QED) is 0.405. The molecule has 0 aliphatic heterocycles. The molecular weight excluding hydrogens is 493 g/mol. The molecule has 3 aromatic rings. The third kappa shape index (κ3) is 6.95. The van der Waals surface area contributed by atoms with Crippen LogP contribution in [0, 0.1) is 12.7 Å².